The van der Waals surface area contributed by atoms with Crippen LogP contribution < -0.4 is 0 Å². The van der Waals surface area contributed by atoms with Crippen molar-refractivity contribution in [2.45, 2.75) is 53.4 Å². The SMILES string of the molecule is Cc1ccc(CN(Cc2cccn2Cc2ccccc2F)C(C)C(C)C)cc1. The van der Waals surface area contributed by atoms with E-state index in [0.717, 1.165) is 18.7 Å². The lowest BCUT2D eigenvalue weighted by Crippen LogP contribution is -2.36. The Morgan fingerprint density at radius 3 is 2.29 bits per heavy atom. The quantitative estimate of drug-likeness (QED) is 0.464. The van der Waals surface area contributed by atoms with E-state index in [2.05, 4.69) is 73.6 Å². The molecule has 2 aromatic carbocycles. The van der Waals surface area contributed by atoms with Crippen LogP contribution in [0.1, 0.15) is 43.2 Å². The van der Waals surface area contributed by atoms with Crippen molar-refractivity contribution in [3.8, 4) is 0 Å². The van der Waals surface area contributed by atoms with Crippen LogP contribution in [0, 0.1) is 18.7 Å². The van der Waals surface area contributed by atoms with Gasteiger partial charge in [-0.15, -0.1) is 0 Å². The molecule has 1 aromatic heterocycles. The van der Waals surface area contributed by atoms with Crippen molar-refractivity contribution in [3.63, 3.8) is 0 Å². The van der Waals surface area contributed by atoms with Gasteiger partial charge in [-0.2, -0.15) is 0 Å². The van der Waals surface area contributed by atoms with Gasteiger partial charge in [-0.3, -0.25) is 4.90 Å². The van der Waals surface area contributed by atoms with Crippen LogP contribution >= 0.6 is 0 Å². The first kappa shape index (κ1) is 20.3. The van der Waals surface area contributed by atoms with E-state index in [1.54, 1.807) is 6.07 Å². The first-order valence-corrected chi connectivity index (χ1v) is 10.1. The van der Waals surface area contributed by atoms with E-state index in [0.29, 0.717) is 18.5 Å². The Hall–Kier alpha value is -2.39. The predicted molar refractivity (Wildman–Crippen MR) is 115 cm³/mol. The first-order valence-electron chi connectivity index (χ1n) is 10.1. The molecule has 0 N–H and O–H groups in total. The maximum atomic E-state index is 14.1. The molecule has 1 atom stereocenters. The van der Waals surface area contributed by atoms with E-state index >= 15 is 0 Å². The number of hydrogen-bond acceptors (Lipinski definition) is 1. The number of hydrogen-bond donors (Lipinski definition) is 0. The van der Waals surface area contributed by atoms with Crippen LogP contribution in [-0.4, -0.2) is 15.5 Å². The van der Waals surface area contributed by atoms with Crippen LogP contribution in [0.4, 0.5) is 4.39 Å². The largest absolute Gasteiger partial charge is 0.346 e. The smallest absolute Gasteiger partial charge is 0.128 e. The molecule has 0 aliphatic carbocycles. The summed E-state index contributed by atoms with van der Waals surface area (Å²) in [5, 5.41) is 0. The van der Waals surface area contributed by atoms with E-state index in [-0.39, 0.29) is 5.82 Å². The average Bonchev–Trinajstić information content (AvgIpc) is 3.11. The Morgan fingerprint density at radius 2 is 1.61 bits per heavy atom. The van der Waals surface area contributed by atoms with Crippen molar-refractivity contribution in [1.29, 1.82) is 0 Å². The van der Waals surface area contributed by atoms with E-state index in [9.17, 15) is 4.39 Å². The molecule has 1 heterocycles. The lowest BCUT2D eigenvalue weighted by molar-refractivity contribution is 0.148. The van der Waals surface area contributed by atoms with Gasteiger partial charge in [-0.05, 0) is 43.5 Å². The number of aromatic nitrogens is 1. The van der Waals surface area contributed by atoms with Gasteiger partial charge in [0.2, 0.25) is 0 Å². The standard InChI is InChI=1S/C25H31FN2/c1-19(2)21(4)28(16-22-13-11-20(3)12-14-22)18-24-9-7-15-27(24)17-23-8-5-6-10-25(23)26/h5-15,19,21H,16-18H2,1-4H3. The Kier molecular flexibility index (Phi) is 6.69. The number of benzene rings is 2. The minimum Gasteiger partial charge on any atom is -0.346 e. The molecule has 0 radical (unpaired) electrons. The predicted octanol–water partition coefficient (Wildman–Crippen LogP) is 6.03. The molecule has 3 aromatic rings. The summed E-state index contributed by atoms with van der Waals surface area (Å²) in [4.78, 5) is 2.52. The van der Waals surface area contributed by atoms with Gasteiger partial charge < -0.3 is 4.57 Å². The van der Waals surface area contributed by atoms with Crippen molar-refractivity contribution in [2.24, 2.45) is 5.92 Å². The molecule has 0 bridgehead atoms. The van der Waals surface area contributed by atoms with Crippen molar-refractivity contribution < 1.29 is 4.39 Å². The summed E-state index contributed by atoms with van der Waals surface area (Å²) in [5.74, 6) is 0.412. The second-order valence-electron chi connectivity index (χ2n) is 8.09. The van der Waals surface area contributed by atoms with Crippen LogP contribution in [0.3, 0.4) is 0 Å². The summed E-state index contributed by atoms with van der Waals surface area (Å²) in [6.45, 7) is 11.3. The van der Waals surface area contributed by atoms with Gasteiger partial charge in [0, 0.05) is 36.6 Å². The van der Waals surface area contributed by atoms with Gasteiger partial charge in [0.15, 0.2) is 0 Å². The molecule has 3 rings (SSSR count). The van der Waals surface area contributed by atoms with Gasteiger partial charge in [-0.25, -0.2) is 4.39 Å². The van der Waals surface area contributed by atoms with Crippen LogP contribution in [-0.2, 0) is 19.6 Å². The zero-order valence-electron chi connectivity index (χ0n) is 17.4. The molecule has 0 fully saturated rings. The molecule has 0 amide bonds. The second-order valence-corrected chi connectivity index (χ2v) is 8.09. The molecule has 148 valence electrons. The molecule has 3 heteroatoms. The van der Waals surface area contributed by atoms with Crippen LogP contribution in [0.25, 0.3) is 0 Å². The van der Waals surface area contributed by atoms with Crippen LogP contribution in [0.15, 0.2) is 66.9 Å². The highest BCUT2D eigenvalue weighted by molar-refractivity contribution is 5.22. The molecule has 0 saturated carbocycles. The van der Waals surface area contributed by atoms with Crippen LogP contribution in [0.2, 0.25) is 0 Å². The third kappa shape index (κ3) is 5.11. The number of halogens is 1. The maximum Gasteiger partial charge on any atom is 0.128 e. The van der Waals surface area contributed by atoms with E-state index < -0.39 is 0 Å². The molecule has 0 aliphatic heterocycles. The number of rotatable bonds is 8. The normalized spacial score (nSPS) is 12.7. The molecule has 1 unspecified atom stereocenters. The third-order valence-corrected chi connectivity index (χ3v) is 5.63. The number of nitrogens with zero attached hydrogens (tertiary/aromatic N) is 2. The van der Waals surface area contributed by atoms with Gasteiger partial charge in [0.05, 0.1) is 6.54 Å². The molecule has 0 saturated heterocycles. The average molecular weight is 379 g/mol. The monoisotopic (exact) mass is 378 g/mol. The Morgan fingerprint density at radius 1 is 0.893 bits per heavy atom. The lowest BCUT2D eigenvalue weighted by Gasteiger charge is -2.32. The van der Waals surface area contributed by atoms with Crippen LogP contribution in [0.5, 0.6) is 0 Å². The van der Waals surface area contributed by atoms with Crippen molar-refractivity contribution >= 4 is 0 Å². The molecular formula is C25H31FN2. The van der Waals surface area contributed by atoms with E-state index in [1.807, 2.05) is 18.3 Å². The fraction of sp³-hybridized carbons (Fsp3) is 0.360. The molecule has 0 aliphatic rings. The maximum absolute atomic E-state index is 14.1. The highest BCUT2D eigenvalue weighted by atomic mass is 19.1. The zero-order valence-corrected chi connectivity index (χ0v) is 17.4. The minimum atomic E-state index is -0.144. The molecule has 0 spiro atoms. The summed E-state index contributed by atoms with van der Waals surface area (Å²) in [5.41, 5.74) is 4.54. The summed E-state index contributed by atoms with van der Waals surface area (Å²) >= 11 is 0. The van der Waals surface area contributed by atoms with Gasteiger partial charge in [-0.1, -0.05) is 61.9 Å². The molecular weight excluding hydrogens is 347 g/mol. The van der Waals surface area contributed by atoms with E-state index in [1.165, 1.54) is 22.9 Å². The molecule has 28 heavy (non-hydrogen) atoms. The summed E-state index contributed by atoms with van der Waals surface area (Å²) in [6.07, 6.45) is 2.05. The third-order valence-electron chi connectivity index (χ3n) is 5.63. The Balaban J connectivity index is 1.80. The van der Waals surface area contributed by atoms with Crippen molar-refractivity contribution in [1.82, 2.24) is 9.47 Å². The van der Waals surface area contributed by atoms with E-state index in [4.69, 9.17) is 0 Å². The molecule has 2 nitrogen and oxygen atoms in total. The van der Waals surface area contributed by atoms with Crippen molar-refractivity contribution in [3.05, 3.63) is 95.1 Å². The summed E-state index contributed by atoms with van der Waals surface area (Å²) < 4.78 is 16.3. The van der Waals surface area contributed by atoms with Gasteiger partial charge in [0.1, 0.15) is 5.82 Å². The summed E-state index contributed by atoms with van der Waals surface area (Å²) in [7, 11) is 0. The first-order chi connectivity index (χ1) is 13.4. The highest BCUT2D eigenvalue weighted by Crippen LogP contribution is 2.20. The lowest BCUT2D eigenvalue weighted by atomic mass is 10.0. The number of aryl methyl sites for hydroxylation is 1. The van der Waals surface area contributed by atoms with Crippen molar-refractivity contribution in [2.75, 3.05) is 0 Å². The summed E-state index contributed by atoms with van der Waals surface area (Å²) in [6, 6.07) is 20.5. The second kappa shape index (κ2) is 9.20. The zero-order chi connectivity index (χ0) is 20.1. The minimum absolute atomic E-state index is 0.144. The highest BCUT2D eigenvalue weighted by Gasteiger charge is 2.19. The topological polar surface area (TPSA) is 8.17 Å². The fourth-order valence-electron chi connectivity index (χ4n) is 3.46. The fourth-order valence-corrected chi connectivity index (χ4v) is 3.46. The van der Waals surface area contributed by atoms with Gasteiger partial charge >= 0.3 is 0 Å². The van der Waals surface area contributed by atoms with Gasteiger partial charge in [0.25, 0.3) is 0 Å². The Bertz CT molecular complexity index is 880. The Labute approximate surface area is 168 Å².